The third-order valence-corrected chi connectivity index (χ3v) is 0.534. The lowest BCUT2D eigenvalue weighted by molar-refractivity contribution is 0.654. The summed E-state index contributed by atoms with van der Waals surface area (Å²) in [6.45, 7) is 4.00. The quantitative estimate of drug-likeness (QED) is 0.560. The highest BCUT2D eigenvalue weighted by atomic mass is 15.4. The molecule has 0 aliphatic heterocycles. The minimum atomic E-state index is 0. The molecule has 0 unspecified atom stereocenters. The summed E-state index contributed by atoms with van der Waals surface area (Å²) in [4.78, 5) is 1.50. The number of hydrogen-bond donors (Lipinski definition) is 0. The molecule has 0 N–H and O–H groups in total. The van der Waals surface area contributed by atoms with Crippen molar-refractivity contribution in [2.45, 2.75) is 28.7 Å². The Kier molecular flexibility index (Phi) is 17.7. The molecule has 3 nitrogen and oxygen atoms in total. The Bertz CT molecular complexity index is 112. The molecule has 0 amide bonds. The van der Waals surface area contributed by atoms with Crippen molar-refractivity contribution in [3.63, 3.8) is 0 Å². The summed E-state index contributed by atoms with van der Waals surface area (Å²) >= 11 is 0. The summed E-state index contributed by atoms with van der Waals surface area (Å²) in [6.07, 6.45) is 3.28. The number of rotatable bonds is 0. The lowest BCUT2D eigenvalue weighted by Crippen LogP contribution is -1.89. The molecule has 1 aromatic rings. The molecule has 0 aliphatic carbocycles. The molecule has 62 valence electrons. The third kappa shape index (κ3) is 7.14. The van der Waals surface area contributed by atoms with Crippen molar-refractivity contribution in [1.29, 1.82) is 0 Å². The van der Waals surface area contributed by atoms with Crippen molar-refractivity contribution in [2.75, 3.05) is 0 Å². The van der Waals surface area contributed by atoms with Gasteiger partial charge in [-0.2, -0.15) is 15.0 Å². The van der Waals surface area contributed by atoms with Gasteiger partial charge < -0.3 is 0 Å². The van der Waals surface area contributed by atoms with Crippen LogP contribution >= 0.6 is 0 Å². The van der Waals surface area contributed by atoms with E-state index in [1.807, 2.05) is 13.8 Å². The number of aromatic nitrogens is 3. The topological polar surface area (TPSA) is 30.7 Å². The van der Waals surface area contributed by atoms with E-state index in [2.05, 4.69) is 10.2 Å². The van der Waals surface area contributed by atoms with Crippen LogP contribution in [-0.2, 0) is 7.05 Å². The van der Waals surface area contributed by atoms with Crippen molar-refractivity contribution in [1.82, 2.24) is 15.0 Å². The molecule has 1 aromatic heterocycles. The first kappa shape index (κ1) is 16.1. The molecule has 1 rings (SSSR count). The van der Waals surface area contributed by atoms with Gasteiger partial charge in [0.15, 0.2) is 0 Å². The molecular formula is C7H19N3. The van der Waals surface area contributed by atoms with E-state index in [4.69, 9.17) is 0 Å². The molecular weight excluding hydrogens is 126 g/mol. The fraction of sp³-hybridized carbons (Fsp3) is 0.714. The first-order valence-electron chi connectivity index (χ1n) is 2.70. The van der Waals surface area contributed by atoms with Crippen LogP contribution in [0.15, 0.2) is 12.4 Å². The van der Waals surface area contributed by atoms with Gasteiger partial charge in [0.2, 0.25) is 0 Å². The SMILES string of the molecule is C.C.CC.Cn1nccn1. The van der Waals surface area contributed by atoms with Crippen molar-refractivity contribution in [3.05, 3.63) is 12.4 Å². The Balaban J connectivity index is -0.000000114. The van der Waals surface area contributed by atoms with E-state index in [0.29, 0.717) is 0 Å². The maximum Gasteiger partial charge on any atom is 0.0692 e. The molecule has 10 heavy (non-hydrogen) atoms. The average molecular weight is 145 g/mol. The number of hydrogen-bond acceptors (Lipinski definition) is 2. The Morgan fingerprint density at radius 2 is 1.30 bits per heavy atom. The Morgan fingerprint density at radius 1 is 1.00 bits per heavy atom. The second kappa shape index (κ2) is 11.0. The van der Waals surface area contributed by atoms with Crippen molar-refractivity contribution < 1.29 is 0 Å². The second-order valence-corrected chi connectivity index (χ2v) is 1.02. The normalized spacial score (nSPS) is 5.90. The second-order valence-electron chi connectivity index (χ2n) is 1.02. The van der Waals surface area contributed by atoms with Gasteiger partial charge >= 0.3 is 0 Å². The zero-order chi connectivity index (χ0) is 6.41. The van der Waals surface area contributed by atoms with E-state index in [1.165, 1.54) is 4.80 Å². The van der Waals surface area contributed by atoms with Crippen LogP contribution in [0.5, 0.6) is 0 Å². The predicted octanol–water partition coefficient (Wildman–Crippen LogP) is 2.11. The molecule has 3 heteroatoms. The summed E-state index contributed by atoms with van der Waals surface area (Å²) < 4.78 is 0. The van der Waals surface area contributed by atoms with E-state index in [-0.39, 0.29) is 14.9 Å². The molecule has 0 spiro atoms. The number of nitrogens with zero attached hydrogens (tertiary/aromatic N) is 3. The van der Waals surface area contributed by atoms with Gasteiger partial charge in [-0.3, -0.25) is 0 Å². The van der Waals surface area contributed by atoms with E-state index in [0.717, 1.165) is 0 Å². The van der Waals surface area contributed by atoms with Crippen LogP contribution in [0.3, 0.4) is 0 Å². The molecule has 0 radical (unpaired) electrons. The minimum Gasteiger partial charge on any atom is -0.188 e. The molecule has 1 heterocycles. The van der Waals surface area contributed by atoms with Gasteiger partial charge in [0.1, 0.15) is 0 Å². The fourth-order valence-corrected chi connectivity index (χ4v) is 0.282. The Hall–Kier alpha value is -0.860. The maximum atomic E-state index is 3.72. The van der Waals surface area contributed by atoms with Crippen LogP contribution in [0.25, 0.3) is 0 Å². The van der Waals surface area contributed by atoms with Crippen molar-refractivity contribution in [3.8, 4) is 0 Å². The standard InChI is InChI=1S/C3H5N3.C2H6.2CH4/c1-6-4-2-3-5-6;1-2;;/h2-3H,1H3;1-2H3;2*1H4. The lowest BCUT2D eigenvalue weighted by atomic mass is 11.0. The molecule has 0 aromatic carbocycles. The summed E-state index contributed by atoms with van der Waals surface area (Å²) in [5.74, 6) is 0. The monoisotopic (exact) mass is 145 g/mol. The van der Waals surface area contributed by atoms with E-state index >= 15 is 0 Å². The van der Waals surface area contributed by atoms with Crippen LogP contribution in [0, 0.1) is 0 Å². The Morgan fingerprint density at radius 3 is 1.40 bits per heavy atom. The van der Waals surface area contributed by atoms with Crippen LogP contribution in [-0.4, -0.2) is 15.0 Å². The predicted molar refractivity (Wildman–Crippen MR) is 45.8 cm³/mol. The smallest absolute Gasteiger partial charge is 0.0692 e. The van der Waals surface area contributed by atoms with E-state index in [9.17, 15) is 0 Å². The third-order valence-electron chi connectivity index (χ3n) is 0.534. The van der Waals surface area contributed by atoms with Gasteiger partial charge in [-0.1, -0.05) is 28.7 Å². The highest BCUT2D eigenvalue weighted by Crippen LogP contribution is 1.64. The van der Waals surface area contributed by atoms with Gasteiger partial charge in [-0.05, 0) is 0 Å². The lowest BCUT2D eigenvalue weighted by Gasteiger charge is -1.75. The molecule has 0 bridgehead atoms. The van der Waals surface area contributed by atoms with Gasteiger partial charge in [-0.15, -0.1) is 0 Å². The summed E-state index contributed by atoms with van der Waals surface area (Å²) in [7, 11) is 1.78. The number of aryl methyl sites for hydroxylation is 1. The Labute approximate surface area is 64.1 Å². The minimum absolute atomic E-state index is 0. The molecule has 0 aliphatic rings. The first-order chi connectivity index (χ1) is 3.89. The van der Waals surface area contributed by atoms with Crippen LogP contribution in [0.1, 0.15) is 28.7 Å². The molecule has 0 fully saturated rings. The molecule has 0 saturated carbocycles. The highest BCUT2D eigenvalue weighted by molar-refractivity contribution is 4.57. The summed E-state index contributed by atoms with van der Waals surface area (Å²) in [5, 5.41) is 7.44. The van der Waals surface area contributed by atoms with E-state index in [1.54, 1.807) is 19.4 Å². The fourth-order valence-electron chi connectivity index (χ4n) is 0.282. The summed E-state index contributed by atoms with van der Waals surface area (Å²) in [5.41, 5.74) is 0. The van der Waals surface area contributed by atoms with Gasteiger partial charge in [0.05, 0.1) is 12.4 Å². The van der Waals surface area contributed by atoms with Gasteiger partial charge in [0, 0.05) is 7.05 Å². The maximum absolute atomic E-state index is 3.72. The van der Waals surface area contributed by atoms with Crippen LogP contribution in [0.4, 0.5) is 0 Å². The summed E-state index contributed by atoms with van der Waals surface area (Å²) in [6, 6.07) is 0. The zero-order valence-electron chi connectivity index (χ0n) is 5.50. The highest BCUT2D eigenvalue weighted by Gasteiger charge is 1.70. The molecule has 0 saturated heterocycles. The van der Waals surface area contributed by atoms with Crippen LogP contribution < -0.4 is 0 Å². The van der Waals surface area contributed by atoms with E-state index < -0.39 is 0 Å². The van der Waals surface area contributed by atoms with Crippen molar-refractivity contribution in [2.24, 2.45) is 7.05 Å². The van der Waals surface area contributed by atoms with Crippen molar-refractivity contribution >= 4 is 0 Å². The zero-order valence-corrected chi connectivity index (χ0v) is 5.50. The largest absolute Gasteiger partial charge is 0.188 e. The average Bonchev–Trinajstić information content (AvgIpc) is 2.24. The molecule has 0 atom stereocenters. The van der Waals surface area contributed by atoms with Crippen LogP contribution in [0.2, 0.25) is 0 Å². The van der Waals surface area contributed by atoms with Gasteiger partial charge in [0.25, 0.3) is 0 Å². The first-order valence-corrected chi connectivity index (χ1v) is 2.70. The van der Waals surface area contributed by atoms with Gasteiger partial charge in [-0.25, -0.2) is 0 Å².